The Labute approximate surface area is 136 Å². The van der Waals surface area contributed by atoms with Gasteiger partial charge in [-0.05, 0) is 42.8 Å². The molecule has 0 fully saturated rings. The summed E-state index contributed by atoms with van der Waals surface area (Å²) in [5.74, 6) is 1.71. The van der Waals surface area contributed by atoms with E-state index in [4.69, 9.17) is 9.47 Å². The van der Waals surface area contributed by atoms with E-state index in [1.54, 1.807) is 11.8 Å². The predicted octanol–water partition coefficient (Wildman–Crippen LogP) is 3.98. The minimum atomic E-state index is 0.480. The van der Waals surface area contributed by atoms with Crippen LogP contribution in [0.5, 0.6) is 11.5 Å². The minimum Gasteiger partial charge on any atom is -0.496 e. The summed E-state index contributed by atoms with van der Waals surface area (Å²) in [7, 11) is 3.59. The summed E-state index contributed by atoms with van der Waals surface area (Å²) in [4.78, 5) is 0. The molecule has 3 rings (SSSR count). The van der Waals surface area contributed by atoms with Crippen LogP contribution in [0.3, 0.4) is 0 Å². The quantitative estimate of drug-likeness (QED) is 0.715. The van der Waals surface area contributed by atoms with E-state index in [9.17, 15) is 0 Å². The van der Waals surface area contributed by atoms with Gasteiger partial charge in [0.25, 0.3) is 0 Å². The Morgan fingerprint density at radius 3 is 2.57 bits per heavy atom. The number of benzene rings is 2. The average molecular weight is 308 g/mol. The lowest BCUT2D eigenvalue weighted by molar-refractivity contribution is 0.295. The molecule has 0 spiro atoms. The van der Waals surface area contributed by atoms with Gasteiger partial charge in [0.1, 0.15) is 18.1 Å². The number of hydrogen-bond donors (Lipinski definition) is 0. The zero-order valence-electron chi connectivity index (χ0n) is 13.6. The maximum atomic E-state index is 5.96. The number of aromatic nitrogens is 2. The van der Waals surface area contributed by atoms with Crippen LogP contribution in [0.1, 0.15) is 11.1 Å². The lowest BCUT2D eigenvalue weighted by atomic mass is 10.1. The SMILES string of the molecule is COc1ccccc1COc1ccc(-c2ccn(C)n2)cc1C. The van der Waals surface area contributed by atoms with Gasteiger partial charge >= 0.3 is 0 Å². The molecule has 0 saturated carbocycles. The van der Waals surface area contributed by atoms with Crippen LogP contribution < -0.4 is 9.47 Å². The Morgan fingerprint density at radius 1 is 1.04 bits per heavy atom. The Bertz CT molecular complexity index is 809. The number of nitrogens with zero attached hydrogens (tertiary/aromatic N) is 2. The van der Waals surface area contributed by atoms with Gasteiger partial charge in [0, 0.05) is 24.4 Å². The van der Waals surface area contributed by atoms with E-state index in [1.807, 2.05) is 62.6 Å². The molecule has 23 heavy (non-hydrogen) atoms. The van der Waals surface area contributed by atoms with Crippen molar-refractivity contribution in [2.75, 3.05) is 7.11 Å². The smallest absolute Gasteiger partial charge is 0.125 e. The number of ether oxygens (including phenoxy) is 2. The lowest BCUT2D eigenvalue weighted by Crippen LogP contribution is -1.99. The fraction of sp³-hybridized carbons (Fsp3) is 0.211. The molecule has 0 unspecified atom stereocenters. The summed E-state index contributed by atoms with van der Waals surface area (Å²) in [6, 6.07) is 16.0. The topological polar surface area (TPSA) is 36.3 Å². The second-order valence-electron chi connectivity index (χ2n) is 5.46. The van der Waals surface area contributed by atoms with E-state index in [2.05, 4.69) is 11.2 Å². The van der Waals surface area contributed by atoms with Crippen molar-refractivity contribution in [3.05, 3.63) is 65.9 Å². The highest BCUT2D eigenvalue weighted by Crippen LogP contribution is 2.27. The second kappa shape index (κ2) is 6.57. The molecular formula is C19H20N2O2. The van der Waals surface area contributed by atoms with E-state index >= 15 is 0 Å². The molecule has 0 saturated heterocycles. The minimum absolute atomic E-state index is 0.480. The summed E-state index contributed by atoms with van der Waals surface area (Å²) >= 11 is 0. The number of rotatable bonds is 5. The van der Waals surface area contributed by atoms with Gasteiger partial charge in [-0.15, -0.1) is 0 Å². The molecule has 2 aromatic carbocycles. The summed E-state index contributed by atoms with van der Waals surface area (Å²) in [5.41, 5.74) is 4.17. The van der Waals surface area contributed by atoms with Gasteiger partial charge in [0.2, 0.25) is 0 Å². The molecule has 118 valence electrons. The maximum Gasteiger partial charge on any atom is 0.125 e. The average Bonchev–Trinajstić information content (AvgIpc) is 3.00. The van der Waals surface area contributed by atoms with Gasteiger partial charge in [-0.2, -0.15) is 5.10 Å². The van der Waals surface area contributed by atoms with Crippen LogP contribution in [0.2, 0.25) is 0 Å². The van der Waals surface area contributed by atoms with Crippen molar-refractivity contribution in [2.24, 2.45) is 7.05 Å². The van der Waals surface area contributed by atoms with Gasteiger partial charge < -0.3 is 9.47 Å². The van der Waals surface area contributed by atoms with Crippen molar-refractivity contribution >= 4 is 0 Å². The van der Waals surface area contributed by atoms with Gasteiger partial charge in [-0.1, -0.05) is 18.2 Å². The molecule has 1 aromatic heterocycles. The third kappa shape index (κ3) is 3.37. The molecule has 0 atom stereocenters. The highest BCUT2D eigenvalue weighted by atomic mass is 16.5. The van der Waals surface area contributed by atoms with E-state index in [0.29, 0.717) is 6.61 Å². The van der Waals surface area contributed by atoms with Crippen molar-refractivity contribution in [1.82, 2.24) is 9.78 Å². The Balaban J connectivity index is 1.76. The summed E-state index contributed by atoms with van der Waals surface area (Å²) < 4.78 is 13.1. The largest absolute Gasteiger partial charge is 0.496 e. The fourth-order valence-corrected chi connectivity index (χ4v) is 2.52. The third-order valence-electron chi connectivity index (χ3n) is 3.76. The number of para-hydroxylation sites is 1. The van der Waals surface area contributed by atoms with Crippen molar-refractivity contribution < 1.29 is 9.47 Å². The van der Waals surface area contributed by atoms with Crippen molar-refractivity contribution in [3.8, 4) is 22.8 Å². The molecule has 1 heterocycles. The summed E-state index contributed by atoms with van der Waals surface area (Å²) in [5, 5.41) is 4.43. The number of methoxy groups -OCH3 is 1. The molecule has 0 bridgehead atoms. The third-order valence-corrected chi connectivity index (χ3v) is 3.76. The van der Waals surface area contributed by atoms with Gasteiger partial charge in [0.05, 0.1) is 12.8 Å². The second-order valence-corrected chi connectivity index (χ2v) is 5.46. The van der Waals surface area contributed by atoms with Crippen LogP contribution in [-0.4, -0.2) is 16.9 Å². The predicted molar refractivity (Wildman–Crippen MR) is 90.7 cm³/mol. The molecule has 3 aromatic rings. The summed E-state index contributed by atoms with van der Waals surface area (Å²) in [6.07, 6.45) is 1.94. The highest BCUT2D eigenvalue weighted by Gasteiger charge is 2.07. The number of hydrogen-bond acceptors (Lipinski definition) is 3. The first kappa shape index (κ1) is 15.2. The van der Waals surface area contributed by atoms with E-state index < -0.39 is 0 Å². The van der Waals surface area contributed by atoms with Gasteiger partial charge in [-0.25, -0.2) is 0 Å². The molecule has 0 amide bonds. The summed E-state index contributed by atoms with van der Waals surface area (Å²) in [6.45, 7) is 2.53. The van der Waals surface area contributed by atoms with Crippen LogP contribution in [0.15, 0.2) is 54.7 Å². The van der Waals surface area contributed by atoms with E-state index in [0.717, 1.165) is 33.9 Å². The van der Waals surface area contributed by atoms with E-state index in [-0.39, 0.29) is 0 Å². The van der Waals surface area contributed by atoms with Crippen LogP contribution in [0, 0.1) is 6.92 Å². The van der Waals surface area contributed by atoms with Crippen LogP contribution in [0.4, 0.5) is 0 Å². The first-order chi connectivity index (χ1) is 11.2. The molecule has 0 N–H and O–H groups in total. The fourth-order valence-electron chi connectivity index (χ4n) is 2.52. The Hall–Kier alpha value is -2.75. The normalized spacial score (nSPS) is 10.6. The van der Waals surface area contributed by atoms with Crippen molar-refractivity contribution in [2.45, 2.75) is 13.5 Å². The standard InChI is InChI=1S/C19H20N2O2/c1-14-12-15(17-10-11-21(2)20-17)8-9-18(14)23-13-16-6-4-5-7-19(16)22-3/h4-12H,13H2,1-3H3. The van der Waals surface area contributed by atoms with Crippen LogP contribution in [0.25, 0.3) is 11.3 Å². The van der Waals surface area contributed by atoms with Crippen molar-refractivity contribution in [3.63, 3.8) is 0 Å². The molecule has 4 heteroatoms. The highest BCUT2D eigenvalue weighted by molar-refractivity contribution is 5.61. The molecule has 0 aliphatic heterocycles. The van der Waals surface area contributed by atoms with Crippen LogP contribution in [-0.2, 0) is 13.7 Å². The first-order valence-corrected chi connectivity index (χ1v) is 7.53. The van der Waals surface area contributed by atoms with Gasteiger partial charge in [-0.3, -0.25) is 4.68 Å². The lowest BCUT2D eigenvalue weighted by Gasteiger charge is -2.12. The Kier molecular flexibility index (Phi) is 4.33. The number of aryl methyl sites for hydroxylation is 2. The van der Waals surface area contributed by atoms with Crippen molar-refractivity contribution in [1.29, 1.82) is 0 Å². The molecular weight excluding hydrogens is 288 g/mol. The zero-order valence-corrected chi connectivity index (χ0v) is 13.6. The monoisotopic (exact) mass is 308 g/mol. The zero-order chi connectivity index (χ0) is 16.2. The molecule has 0 aliphatic carbocycles. The Morgan fingerprint density at radius 2 is 1.87 bits per heavy atom. The molecule has 4 nitrogen and oxygen atoms in total. The van der Waals surface area contributed by atoms with Gasteiger partial charge in [0.15, 0.2) is 0 Å². The van der Waals surface area contributed by atoms with E-state index in [1.165, 1.54) is 0 Å². The first-order valence-electron chi connectivity index (χ1n) is 7.53. The molecule has 0 aliphatic rings. The molecule has 0 radical (unpaired) electrons. The maximum absolute atomic E-state index is 5.96. The van der Waals surface area contributed by atoms with Crippen LogP contribution >= 0.6 is 0 Å².